The molecule has 2 aromatic heterocycles. The summed E-state index contributed by atoms with van der Waals surface area (Å²) in [7, 11) is 1.85. The standard InChI is InChI=1S/C24H22N4O/c1-16(2)23-26-21-7-5-6-19(11-10-18-14-25-27(4)15-18)22(21)24(29)28(23)20-12-8-17(3)9-13-20/h5-9,12-16H,1-4H3. The molecule has 0 N–H and O–H groups in total. The Morgan fingerprint density at radius 1 is 1.03 bits per heavy atom. The van der Waals surface area contributed by atoms with Crippen LogP contribution in [0.15, 0.2) is 59.7 Å². The first-order valence-electron chi connectivity index (χ1n) is 9.57. The number of fused-ring (bicyclic) bond motifs is 1. The minimum absolute atomic E-state index is 0.0959. The fraction of sp³-hybridized carbons (Fsp3) is 0.208. The molecule has 5 nitrogen and oxygen atoms in total. The zero-order chi connectivity index (χ0) is 20.5. The highest BCUT2D eigenvalue weighted by molar-refractivity contribution is 5.85. The topological polar surface area (TPSA) is 52.7 Å². The molecule has 0 aliphatic heterocycles. The number of aromatic nitrogens is 4. The third-order valence-electron chi connectivity index (χ3n) is 4.78. The van der Waals surface area contributed by atoms with Gasteiger partial charge in [-0.05, 0) is 31.2 Å². The molecule has 0 saturated carbocycles. The molecule has 29 heavy (non-hydrogen) atoms. The van der Waals surface area contributed by atoms with E-state index in [0.29, 0.717) is 16.5 Å². The highest BCUT2D eigenvalue weighted by atomic mass is 16.1. The van der Waals surface area contributed by atoms with Crippen molar-refractivity contribution in [1.82, 2.24) is 19.3 Å². The van der Waals surface area contributed by atoms with E-state index in [1.54, 1.807) is 15.4 Å². The summed E-state index contributed by atoms with van der Waals surface area (Å²) in [5.74, 6) is 7.07. The smallest absolute Gasteiger partial charge is 0.267 e. The maximum absolute atomic E-state index is 13.6. The van der Waals surface area contributed by atoms with Crippen molar-refractivity contribution in [3.05, 3.63) is 87.7 Å². The molecular formula is C24H22N4O. The first-order chi connectivity index (χ1) is 13.9. The first-order valence-corrected chi connectivity index (χ1v) is 9.57. The van der Waals surface area contributed by atoms with E-state index in [1.807, 2.05) is 76.5 Å². The van der Waals surface area contributed by atoms with Crippen molar-refractivity contribution < 1.29 is 0 Å². The van der Waals surface area contributed by atoms with Gasteiger partial charge in [0.05, 0.1) is 28.4 Å². The highest BCUT2D eigenvalue weighted by Gasteiger charge is 2.17. The van der Waals surface area contributed by atoms with Crippen molar-refractivity contribution in [2.45, 2.75) is 26.7 Å². The van der Waals surface area contributed by atoms with E-state index in [-0.39, 0.29) is 11.5 Å². The number of aryl methyl sites for hydroxylation is 2. The fourth-order valence-corrected chi connectivity index (χ4v) is 3.31. The van der Waals surface area contributed by atoms with Crippen LogP contribution < -0.4 is 5.56 Å². The van der Waals surface area contributed by atoms with Crippen LogP contribution in [0.3, 0.4) is 0 Å². The molecule has 0 saturated heterocycles. The predicted molar refractivity (Wildman–Crippen MR) is 115 cm³/mol. The summed E-state index contributed by atoms with van der Waals surface area (Å²) >= 11 is 0. The third kappa shape index (κ3) is 3.57. The maximum Gasteiger partial charge on any atom is 0.267 e. The number of hydrogen-bond donors (Lipinski definition) is 0. The lowest BCUT2D eigenvalue weighted by molar-refractivity contribution is 0.723. The Balaban J connectivity index is 1.99. The van der Waals surface area contributed by atoms with E-state index < -0.39 is 0 Å². The van der Waals surface area contributed by atoms with Gasteiger partial charge < -0.3 is 0 Å². The molecule has 5 heteroatoms. The van der Waals surface area contributed by atoms with Crippen molar-refractivity contribution in [2.75, 3.05) is 0 Å². The SMILES string of the molecule is Cc1ccc(-n2c(C(C)C)nc3cccc(C#Cc4cnn(C)c4)c3c2=O)cc1. The van der Waals surface area contributed by atoms with Gasteiger partial charge in [0.2, 0.25) is 0 Å². The molecule has 0 bridgehead atoms. The molecule has 144 valence electrons. The second-order valence-corrected chi connectivity index (χ2v) is 7.45. The molecule has 2 heterocycles. The Labute approximate surface area is 169 Å². The van der Waals surface area contributed by atoms with Crippen molar-refractivity contribution in [3.8, 4) is 17.5 Å². The number of hydrogen-bond acceptors (Lipinski definition) is 3. The minimum Gasteiger partial charge on any atom is -0.275 e. The third-order valence-corrected chi connectivity index (χ3v) is 4.78. The van der Waals surface area contributed by atoms with Gasteiger partial charge in [0.15, 0.2) is 0 Å². The first kappa shape index (κ1) is 18.7. The summed E-state index contributed by atoms with van der Waals surface area (Å²) < 4.78 is 3.41. The largest absolute Gasteiger partial charge is 0.275 e. The normalized spacial score (nSPS) is 10.9. The summed E-state index contributed by atoms with van der Waals surface area (Å²) in [6.45, 7) is 6.12. The lowest BCUT2D eigenvalue weighted by Gasteiger charge is -2.16. The Kier molecular flexibility index (Phi) is 4.77. The van der Waals surface area contributed by atoms with Gasteiger partial charge in [0.25, 0.3) is 5.56 Å². The van der Waals surface area contributed by atoms with Crippen LogP contribution in [0.5, 0.6) is 0 Å². The van der Waals surface area contributed by atoms with Gasteiger partial charge in [0.1, 0.15) is 5.82 Å². The number of nitrogens with zero attached hydrogens (tertiary/aromatic N) is 4. The number of rotatable bonds is 2. The molecule has 0 unspecified atom stereocenters. The van der Waals surface area contributed by atoms with Crippen LogP contribution in [-0.4, -0.2) is 19.3 Å². The van der Waals surface area contributed by atoms with Crippen LogP contribution in [0.25, 0.3) is 16.6 Å². The molecule has 0 aliphatic rings. The summed E-state index contributed by atoms with van der Waals surface area (Å²) in [5, 5.41) is 4.67. The second-order valence-electron chi connectivity index (χ2n) is 7.45. The van der Waals surface area contributed by atoms with E-state index in [2.05, 4.69) is 16.9 Å². The molecule has 0 aliphatic carbocycles. The van der Waals surface area contributed by atoms with Crippen LogP contribution in [0.4, 0.5) is 0 Å². The summed E-state index contributed by atoms with van der Waals surface area (Å²) in [6, 6.07) is 13.6. The molecule has 4 rings (SSSR count). The molecule has 0 spiro atoms. The fourth-order valence-electron chi connectivity index (χ4n) is 3.31. The molecule has 0 radical (unpaired) electrons. The quantitative estimate of drug-likeness (QED) is 0.493. The van der Waals surface area contributed by atoms with Gasteiger partial charge in [-0.25, -0.2) is 4.98 Å². The lowest BCUT2D eigenvalue weighted by Crippen LogP contribution is -2.25. The summed E-state index contributed by atoms with van der Waals surface area (Å²) in [4.78, 5) is 18.4. The van der Waals surface area contributed by atoms with Crippen molar-refractivity contribution in [3.63, 3.8) is 0 Å². The molecule has 2 aromatic carbocycles. The second kappa shape index (κ2) is 7.40. The maximum atomic E-state index is 13.6. The highest BCUT2D eigenvalue weighted by Crippen LogP contribution is 2.21. The zero-order valence-electron chi connectivity index (χ0n) is 17.0. The Bertz CT molecular complexity index is 1320. The van der Waals surface area contributed by atoms with E-state index in [9.17, 15) is 4.79 Å². The molecule has 0 atom stereocenters. The summed E-state index contributed by atoms with van der Waals surface area (Å²) in [6.07, 6.45) is 3.55. The van der Waals surface area contributed by atoms with Crippen LogP contribution in [-0.2, 0) is 7.05 Å². The lowest BCUT2D eigenvalue weighted by atomic mass is 10.1. The Morgan fingerprint density at radius 2 is 1.79 bits per heavy atom. The Hall–Kier alpha value is -3.65. The van der Waals surface area contributed by atoms with E-state index in [1.165, 1.54) is 0 Å². The Morgan fingerprint density at radius 3 is 2.45 bits per heavy atom. The minimum atomic E-state index is -0.0985. The van der Waals surface area contributed by atoms with E-state index in [0.717, 1.165) is 22.6 Å². The van der Waals surface area contributed by atoms with Crippen molar-refractivity contribution in [2.24, 2.45) is 7.05 Å². The molecule has 4 aromatic rings. The average molecular weight is 382 g/mol. The van der Waals surface area contributed by atoms with Crippen LogP contribution in [0.1, 0.15) is 42.3 Å². The van der Waals surface area contributed by atoms with Crippen molar-refractivity contribution in [1.29, 1.82) is 0 Å². The average Bonchev–Trinajstić information content (AvgIpc) is 3.12. The zero-order valence-corrected chi connectivity index (χ0v) is 17.0. The summed E-state index contributed by atoms with van der Waals surface area (Å²) in [5.41, 5.74) is 3.99. The molecule has 0 fully saturated rings. The van der Waals surface area contributed by atoms with Gasteiger partial charge in [-0.15, -0.1) is 0 Å². The van der Waals surface area contributed by atoms with E-state index >= 15 is 0 Å². The van der Waals surface area contributed by atoms with E-state index in [4.69, 9.17) is 4.98 Å². The molecule has 0 amide bonds. The van der Waals surface area contributed by atoms with Crippen molar-refractivity contribution >= 4 is 10.9 Å². The van der Waals surface area contributed by atoms with Crippen LogP contribution in [0.2, 0.25) is 0 Å². The van der Waals surface area contributed by atoms with Gasteiger partial charge >= 0.3 is 0 Å². The van der Waals surface area contributed by atoms with Gasteiger partial charge in [-0.3, -0.25) is 14.0 Å². The van der Waals surface area contributed by atoms with Gasteiger partial charge in [-0.1, -0.05) is 49.5 Å². The van der Waals surface area contributed by atoms with Gasteiger partial charge in [0, 0.05) is 24.7 Å². The molecular weight excluding hydrogens is 360 g/mol. The van der Waals surface area contributed by atoms with Gasteiger partial charge in [-0.2, -0.15) is 5.10 Å². The predicted octanol–water partition coefficient (Wildman–Crippen LogP) is 3.95. The monoisotopic (exact) mass is 382 g/mol. The van der Waals surface area contributed by atoms with Crippen LogP contribution in [0, 0.1) is 18.8 Å². The number of benzene rings is 2. The van der Waals surface area contributed by atoms with Crippen LogP contribution >= 0.6 is 0 Å².